The molecule has 0 saturated heterocycles. The van der Waals surface area contributed by atoms with E-state index in [1.807, 2.05) is 0 Å². The summed E-state index contributed by atoms with van der Waals surface area (Å²) in [5.41, 5.74) is -0.240. The molecular formula is C10H11ClFNO4S. The van der Waals surface area contributed by atoms with Crippen molar-refractivity contribution in [3.63, 3.8) is 0 Å². The third kappa shape index (κ3) is 3.41. The number of hydrogen-bond donors (Lipinski definition) is 1. The van der Waals surface area contributed by atoms with Gasteiger partial charge in [-0.1, -0.05) is 18.5 Å². The minimum atomic E-state index is -4.27. The third-order valence-corrected chi connectivity index (χ3v) is 3.22. The van der Waals surface area contributed by atoms with Crippen LogP contribution in [0.25, 0.3) is 0 Å². The fourth-order valence-corrected chi connectivity index (χ4v) is 2.02. The van der Waals surface area contributed by atoms with E-state index in [2.05, 4.69) is 0 Å². The van der Waals surface area contributed by atoms with Gasteiger partial charge in [-0.05, 0) is 18.6 Å². The SMILES string of the molecule is CCCOC(=O)c1cc(S(N)(=O)=O)c(F)cc1Cl. The van der Waals surface area contributed by atoms with Gasteiger partial charge in [-0.25, -0.2) is 22.7 Å². The summed E-state index contributed by atoms with van der Waals surface area (Å²) in [5, 5.41) is 4.58. The van der Waals surface area contributed by atoms with E-state index in [-0.39, 0.29) is 17.2 Å². The van der Waals surface area contributed by atoms with E-state index in [1.165, 1.54) is 0 Å². The molecule has 0 fully saturated rings. The van der Waals surface area contributed by atoms with Crippen LogP contribution in [0.3, 0.4) is 0 Å². The van der Waals surface area contributed by atoms with E-state index >= 15 is 0 Å². The van der Waals surface area contributed by atoms with Crippen LogP contribution < -0.4 is 5.14 Å². The lowest BCUT2D eigenvalue weighted by Gasteiger charge is -2.07. The van der Waals surface area contributed by atoms with Crippen LogP contribution in [-0.2, 0) is 14.8 Å². The quantitative estimate of drug-likeness (QED) is 0.856. The Hall–Kier alpha value is -1.18. The number of carbonyl (C=O) groups is 1. The van der Waals surface area contributed by atoms with Crippen LogP contribution in [0.2, 0.25) is 5.02 Å². The first-order valence-corrected chi connectivity index (χ1v) is 6.88. The summed E-state index contributed by atoms with van der Waals surface area (Å²) >= 11 is 5.65. The number of halogens is 2. The second-order valence-corrected chi connectivity index (χ2v) is 5.38. The summed E-state index contributed by atoms with van der Waals surface area (Å²) in [6.07, 6.45) is 0.590. The first kappa shape index (κ1) is 14.9. The molecule has 0 heterocycles. The maximum atomic E-state index is 13.3. The Balaban J connectivity index is 3.26. The molecule has 0 saturated carbocycles. The van der Waals surface area contributed by atoms with Crippen molar-refractivity contribution >= 4 is 27.6 Å². The highest BCUT2D eigenvalue weighted by Gasteiger charge is 2.21. The van der Waals surface area contributed by atoms with Crippen molar-refractivity contribution in [3.05, 3.63) is 28.5 Å². The Labute approximate surface area is 109 Å². The van der Waals surface area contributed by atoms with Crippen molar-refractivity contribution in [2.75, 3.05) is 6.61 Å². The van der Waals surface area contributed by atoms with Crippen molar-refractivity contribution in [2.45, 2.75) is 18.2 Å². The molecule has 1 aromatic rings. The van der Waals surface area contributed by atoms with E-state index in [0.29, 0.717) is 12.5 Å². The monoisotopic (exact) mass is 295 g/mol. The number of ether oxygens (including phenoxy) is 1. The van der Waals surface area contributed by atoms with Gasteiger partial charge in [0, 0.05) is 0 Å². The number of benzene rings is 1. The van der Waals surface area contributed by atoms with Crippen molar-refractivity contribution < 1.29 is 22.3 Å². The zero-order chi connectivity index (χ0) is 13.9. The van der Waals surface area contributed by atoms with Crippen molar-refractivity contribution in [1.82, 2.24) is 0 Å². The molecule has 8 heteroatoms. The number of rotatable bonds is 4. The van der Waals surface area contributed by atoms with Crippen LogP contribution in [0.15, 0.2) is 17.0 Å². The molecule has 0 atom stereocenters. The van der Waals surface area contributed by atoms with E-state index in [9.17, 15) is 17.6 Å². The van der Waals surface area contributed by atoms with Gasteiger partial charge >= 0.3 is 5.97 Å². The maximum absolute atomic E-state index is 13.3. The predicted molar refractivity (Wildman–Crippen MR) is 63.4 cm³/mol. The van der Waals surface area contributed by atoms with E-state index in [1.54, 1.807) is 6.92 Å². The fourth-order valence-electron chi connectivity index (χ4n) is 1.18. The van der Waals surface area contributed by atoms with Crippen molar-refractivity contribution in [3.8, 4) is 0 Å². The summed E-state index contributed by atoms with van der Waals surface area (Å²) in [6.45, 7) is 1.94. The Morgan fingerprint density at radius 3 is 2.61 bits per heavy atom. The van der Waals surface area contributed by atoms with Gasteiger partial charge in [0.15, 0.2) is 0 Å². The summed E-state index contributed by atoms with van der Waals surface area (Å²) in [6, 6.07) is 1.48. The third-order valence-electron chi connectivity index (χ3n) is 1.99. The highest BCUT2D eigenvalue weighted by molar-refractivity contribution is 7.89. The molecule has 1 aromatic carbocycles. The number of primary sulfonamides is 1. The highest BCUT2D eigenvalue weighted by Crippen LogP contribution is 2.24. The molecule has 0 aliphatic heterocycles. The molecule has 0 aliphatic rings. The summed E-state index contributed by atoms with van der Waals surface area (Å²) in [7, 11) is -4.27. The van der Waals surface area contributed by atoms with E-state index in [0.717, 1.165) is 6.07 Å². The van der Waals surface area contributed by atoms with Gasteiger partial charge < -0.3 is 4.74 Å². The maximum Gasteiger partial charge on any atom is 0.339 e. The summed E-state index contributed by atoms with van der Waals surface area (Å²) in [5.74, 6) is -1.94. The van der Waals surface area contributed by atoms with E-state index in [4.69, 9.17) is 21.5 Å². The zero-order valence-electron chi connectivity index (χ0n) is 9.44. The Morgan fingerprint density at radius 1 is 1.50 bits per heavy atom. The Morgan fingerprint density at radius 2 is 2.11 bits per heavy atom. The smallest absolute Gasteiger partial charge is 0.339 e. The molecule has 0 radical (unpaired) electrons. The van der Waals surface area contributed by atoms with Crippen molar-refractivity contribution in [2.24, 2.45) is 5.14 Å². The Bertz CT molecular complexity index is 573. The van der Waals surface area contributed by atoms with Gasteiger partial charge in [-0.2, -0.15) is 0 Å². The second kappa shape index (κ2) is 5.64. The molecule has 0 amide bonds. The lowest BCUT2D eigenvalue weighted by atomic mass is 10.2. The van der Waals surface area contributed by atoms with Gasteiger partial charge in [-0.15, -0.1) is 0 Å². The van der Waals surface area contributed by atoms with Crippen LogP contribution >= 0.6 is 11.6 Å². The summed E-state index contributed by atoms with van der Waals surface area (Å²) in [4.78, 5) is 10.8. The molecule has 0 aromatic heterocycles. The topological polar surface area (TPSA) is 86.5 Å². The average Bonchev–Trinajstić information content (AvgIpc) is 2.24. The molecule has 0 bridgehead atoms. The van der Waals surface area contributed by atoms with Gasteiger partial charge in [-0.3, -0.25) is 0 Å². The molecule has 5 nitrogen and oxygen atoms in total. The van der Waals surface area contributed by atoms with Crippen LogP contribution in [0, 0.1) is 5.82 Å². The number of nitrogens with two attached hydrogens (primary N) is 1. The zero-order valence-corrected chi connectivity index (χ0v) is 11.0. The molecule has 100 valence electrons. The van der Waals surface area contributed by atoms with Crippen molar-refractivity contribution in [1.29, 1.82) is 0 Å². The minimum absolute atomic E-state index is 0.150. The van der Waals surface area contributed by atoms with Gasteiger partial charge in [0.05, 0.1) is 17.2 Å². The minimum Gasteiger partial charge on any atom is -0.462 e. The second-order valence-electron chi connectivity index (χ2n) is 3.44. The highest BCUT2D eigenvalue weighted by atomic mass is 35.5. The van der Waals surface area contributed by atoms with Gasteiger partial charge in [0.25, 0.3) is 0 Å². The lowest BCUT2D eigenvalue weighted by Crippen LogP contribution is -2.16. The fraction of sp³-hybridized carbons (Fsp3) is 0.300. The largest absolute Gasteiger partial charge is 0.462 e. The van der Waals surface area contributed by atoms with Gasteiger partial charge in [0.2, 0.25) is 10.0 Å². The number of carbonyl (C=O) groups excluding carboxylic acids is 1. The lowest BCUT2D eigenvalue weighted by molar-refractivity contribution is 0.0505. The number of hydrogen-bond acceptors (Lipinski definition) is 4. The first-order chi connectivity index (χ1) is 8.27. The normalized spacial score (nSPS) is 11.3. The molecule has 18 heavy (non-hydrogen) atoms. The van der Waals surface area contributed by atoms with Crippen LogP contribution in [-0.4, -0.2) is 21.0 Å². The van der Waals surface area contributed by atoms with E-state index < -0.39 is 26.7 Å². The molecular weight excluding hydrogens is 285 g/mol. The van der Waals surface area contributed by atoms with Gasteiger partial charge in [0.1, 0.15) is 10.7 Å². The number of sulfonamides is 1. The molecule has 0 spiro atoms. The van der Waals surface area contributed by atoms with Crippen LogP contribution in [0.5, 0.6) is 0 Å². The van der Waals surface area contributed by atoms with Crippen LogP contribution in [0.1, 0.15) is 23.7 Å². The molecule has 2 N–H and O–H groups in total. The average molecular weight is 296 g/mol. The molecule has 0 aliphatic carbocycles. The standard InChI is InChI=1S/C10H11ClFNO4S/c1-2-3-17-10(14)6-4-9(18(13,15)16)8(12)5-7(6)11/h4-5H,2-3H2,1H3,(H2,13,15,16). The summed E-state index contributed by atoms with van der Waals surface area (Å²) < 4.78 is 40.3. The first-order valence-electron chi connectivity index (χ1n) is 4.96. The molecule has 0 unspecified atom stereocenters. The molecule has 1 rings (SSSR count). The Kier molecular flexibility index (Phi) is 4.66. The predicted octanol–water partition coefficient (Wildman–Crippen LogP) is 1.69. The number of esters is 1. The van der Waals surface area contributed by atoms with Crippen LogP contribution in [0.4, 0.5) is 4.39 Å².